The summed E-state index contributed by atoms with van der Waals surface area (Å²) >= 11 is 0. The van der Waals surface area contributed by atoms with Gasteiger partial charge in [0.2, 0.25) is 11.3 Å². The second-order valence-electron chi connectivity index (χ2n) is 5.20. The number of halogens is 6. The lowest BCUT2D eigenvalue weighted by Crippen LogP contribution is -2.82. The van der Waals surface area contributed by atoms with Gasteiger partial charge in [-0.3, -0.25) is 0 Å². The summed E-state index contributed by atoms with van der Waals surface area (Å²) in [5.74, 6) is -10.3. The minimum atomic E-state index is -5.16. The van der Waals surface area contributed by atoms with E-state index in [0.29, 0.717) is 0 Å². The lowest BCUT2D eigenvalue weighted by molar-refractivity contribution is -0.451. The van der Waals surface area contributed by atoms with Crippen molar-refractivity contribution in [3.8, 4) is 0 Å². The fourth-order valence-corrected chi connectivity index (χ4v) is 2.90. The van der Waals surface area contributed by atoms with Gasteiger partial charge in [-0.2, -0.15) is 17.6 Å². The first-order chi connectivity index (χ1) is 10.2. The van der Waals surface area contributed by atoms with Gasteiger partial charge in [-0.25, -0.2) is 8.78 Å². The molecule has 0 heterocycles. The molecule has 6 heteroatoms. The normalized spacial score (nSPS) is 32.3. The van der Waals surface area contributed by atoms with Gasteiger partial charge in [0.15, 0.2) is 0 Å². The molecule has 0 amide bonds. The Labute approximate surface area is 122 Å². The highest BCUT2D eigenvalue weighted by atomic mass is 19.3. The highest BCUT2D eigenvalue weighted by molar-refractivity contribution is 5.47. The van der Waals surface area contributed by atoms with Crippen LogP contribution in [0.15, 0.2) is 60.7 Å². The molecule has 0 N–H and O–H groups in total. The van der Waals surface area contributed by atoms with Crippen LogP contribution < -0.4 is 0 Å². The number of alkyl halides is 6. The average Bonchev–Trinajstić information content (AvgIpc) is 2.54. The molecule has 0 saturated heterocycles. The van der Waals surface area contributed by atoms with Gasteiger partial charge >= 0.3 is 11.8 Å². The highest BCUT2D eigenvalue weighted by Gasteiger charge is 2.98. The Bertz CT molecular complexity index is 623. The first-order valence-corrected chi connectivity index (χ1v) is 6.46. The molecule has 0 nitrogen and oxygen atoms in total. The largest absolute Gasteiger partial charge is 0.355 e. The number of hydrogen-bond acceptors (Lipinski definition) is 0. The lowest BCUT2D eigenvalue weighted by Gasteiger charge is -2.58. The van der Waals surface area contributed by atoms with Crippen LogP contribution >= 0.6 is 0 Å². The molecule has 1 saturated carbocycles. The maximum atomic E-state index is 15.0. The van der Waals surface area contributed by atoms with Crippen LogP contribution in [0.1, 0.15) is 11.1 Å². The van der Waals surface area contributed by atoms with Crippen molar-refractivity contribution in [2.75, 3.05) is 0 Å². The quantitative estimate of drug-likeness (QED) is 0.684. The smallest absolute Gasteiger partial charge is 0.227 e. The van der Waals surface area contributed by atoms with Crippen LogP contribution in [0, 0.1) is 0 Å². The van der Waals surface area contributed by atoms with Crippen LogP contribution in [-0.4, -0.2) is 11.8 Å². The summed E-state index contributed by atoms with van der Waals surface area (Å²) < 4.78 is 85.5. The Balaban J connectivity index is 2.28. The molecule has 1 aliphatic rings. The second-order valence-corrected chi connectivity index (χ2v) is 5.20. The van der Waals surface area contributed by atoms with Gasteiger partial charge in [-0.15, -0.1) is 0 Å². The van der Waals surface area contributed by atoms with Crippen LogP contribution in [0.2, 0.25) is 0 Å². The summed E-state index contributed by atoms with van der Waals surface area (Å²) in [5.41, 5.74) is -9.94. The van der Waals surface area contributed by atoms with E-state index >= 15 is 8.78 Å². The summed E-state index contributed by atoms with van der Waals surface area (Å²) in [5, 5.41) is 0. The summed E-state index contributed by atoms with van der Waals surface area (Å²) in [6.07, 6.45) is 0. The maximum absolute atomic E-state index is 15.0. The number of hydrogen-bond donors (Lipinski definition) is 0. The molecule has 0 aromatic heterocycles. The van der Waals surface area contributed by atoms with Crippen molar-refractivity contribution in [3.63, 3.8) is 0 Å². The third-order valence-corrected chi connectivity index (χ3v) is 4.08. The standard InChI is InChI=1S/C16H10F6/c17-13(11-7-3-1-4-8-11)14(18,12-9-5-2-6-10-12)16(21,22)15(13,19)20/h1-10H/t13-,14-/m1/s1. The minimum Gasteiger partial charge on any atom is -0.227 e. The fourth-order valence-electron chi connectivity index (χ4n) is 2.90. The Morgan fingerprint density at radius 3 is 1.00 bits per heavy atom. The van der Waals surface area contributed by atoms with Gasteiger partial charge in [-0.1, -0.05) is 60.7 Å². The van der Waals surface area contributed by atoms with Crippen LogP contribution in [0.25, 0.3) is 0 Å². The van der Waals surface area contributed by atoms with Crippen molar-refractivity contribution in [1.29, 1.82) is 0 Å². The Morgan fingerprint density at radius 2 is 0.727 bits per heavy atom. The predicted octanol–water partition coefficient (Wildman–Crippen LogP) is 5.00. The molecular formula is C16H10F6. The van der Waals surface area contributed by atoms with E-state index in [1.54, 1.807) is 0 Å². The molecule has 0 spiro atoms. The molecule has 22 heavy (non-hydrogen) atoms. The van der Waals surface area contributed by atoms with Crippen molar-refractivity contribution >= 4 is 0 Å². The van der Waals surface area contributed by atoms with Gasteiger partial charge < -0.3 is 0 Å². The molecule has 2 aromatic carbocycles. The van der Waals surface area contributed by atoms with Crippen molar-refractivity contribution in [3.05, 3.63) is 71.8 Å². The maximum Gasteiger partial charge on any atom is 0.355 e. The van der Waals surface area contributed by atoms with Gasteiger partial charge in [0.25, 0.3) is 0 Å². The van der Waals surface area contributed by atoms with E-state index in [0.717, 1.165) is 24.3 Å². The van der Waals surface area contributed by atoms with Gasteiger partial charge in [-0.05, 0) is 11.1 Å². The zero-order valence-electron chi connectivity index (χ0n) is 11.0. The zero-order valence-corrected chi connectivity index (χ0v) is 11.0. The van der Waals surface area contributed by atoms with Gasteiger partial charge in [0.1, 0.15) is 0 Å². The predicted molar refractivity (Wildman–Crippen MR) is 68.4 cm³/mol. The summed E-state index contributed by atoms with van der Waals surface area (Å²) in [6.45, 7) is 0. The monoisotopic (exact) mass is 316 g/mol. The Morgan fingerprint density at radius 1 is 0.455 bits per heavy atom. The third-order valence-electron chi connectivity index (χ3n) is 4.08. The highest BCUT2D eigenvalue weighted by Crippen LogP contribution is 2.75. The van der Waals surface area contributed by atoms with E-state index in [4.69, 9.17) is 0 Å². The third kappa shape index (κ3) is 1.36. The molecule has 0 bridgehead atoms. The number of benzene rings is 2. The van der Waals surface area contributed by atoms with E-state index in [9.17, 15) is 17.6 Å². The molecule has 0 radical (unpaired) electrons. The Hall–Kier alpha value is -1.98. The van der Waals surface area contributed by atoms with E-state index in [1.165, 1.54) is 36.4 Å². The van der Waals surface area contributed by atoms with Gasteiger partial charge in [0, 0.05) is 0 Å². The zero-order chi connectivity index (χ0) is 16.2. The number of rotatable bonds is 2. The first-order valence-electron chi connectivity index (χ1n) is 6.46. The second kappa shape index (κ2) is 4.27. The minimum absolute atomic E-state index is 0.822. The van der Waals surface area contributed by atoms with E-state index in [2.05, 4.69) is 0 Å². The molecule has 2 aromatic rings. The molecule has 1 fully saturated rings. The molecular weight excluding hydrogens is 306 g/mol. The Kier molecular flexibility index (Phi) is 2.90. The van der Waals surface area contributed by atoms with Gasteiger partial charge in [0.05, 0.1) is 0 Å². The summed E-state index contributed by atoms with van der Waals surface area (Å²) in [7, 11) is 0. The van der Waals surface area contributed by atoms with Crippen LogP contribution in [0.5, 0.6) is 0 Å². The molecule has 116 valence electrons. The molecule has 2 atom stereocenters. The van der Waals surface area contributed by atoms with E-state index < -0.39 is 34.3 Å². The first kappa shape index (κ1) is 14.9. The molecule has 3 rings (SSSR count). The molecule has 0 unspecified atom stereocenters. The van der Waals surface area contributed by atoms with Crippen LogP contribution in [-0.2, 0) is 11.3 Å². The fraction of sp³-hybridized carbons (Fsp3) is 0.250. The lowest BCUT2D eigenvalue weighted by atomic mass is 9.56. The van der Waals surface area contributed by atoms with Crippen molar-refractivity contribution in [2.45, 2.75) is 23.2 Å². The molecule has 1 aliphatic carbocycles. The molecule has 0 aliphatic heterocycles. The average molecular weight is 316 g/mol. The van der Waals surface area contributed by atoms with Crippen molar-refractivity contribution in [2.24, 2.45) is 0 Å². The van der Waals surface area contributed by atoms with Crippen molar-refractivity contribution < 1.29 is 26.3 Å². The SMILES string of the molecule is FC1(F)C(F)(F)[C@@](F)(c2ccccc2)[C@]1(F)c1ccccc1. The van der Waals surface area contributed by atoms with E-state index in [-0.39, 0.29) is 0 Å². The van der Waals surface area contributed by atoms with Crippen molar-refractivity contribution in [1.82, 2.24) is 0 Å². The van der Waals surface area contributed by atoms with Crippen LogP contribution in [0.4, 0.5) is 26.3 Å². The summed E-state index contributed by atoms with van der Waals surface area (Å²) in [4.78, 5) is 0. The topological polar surface area (TPSA) is 0 Å². The van der Waals surface area contributed by atoms with Crippen LogP contribution in [0.3, 0.4) is 0 Å². The summed E-state index contributed by atoms with van der Waals surface area (Å²) in [6, 6.07) is 11.0. The van der Waals surface area contributed by atoms with E-state index in [1.807, 2.05) is 0 Å².